The third-order valence-electron chi connectivity index (χ3n) is 2.14. The molecule has 0 bridgehead atoms. The maximum absolute atomic E-state index is 9.28. The monoisotopic (exact) mass is 173 g/mol. The van der Waals surface area contributed by atoms with Crippen molar-refractivity contribution in [2.75, 3.05) is 32.7 Å². The van der Waals surface area contributed by atoms with E-state index in [4.69, 9.17) is 0 Å². The maximum Gasteiger partial charge on any atom is 0.0676 e. The normalized spacial score (nSPS) is 22.5. The minimum atomic E-state index is -0.208. The van der Waals surface area contributed by atoms with E-state index in [9.17, 15) is 5.11 Å². The highest BCUT2D eigenvalue weighted by atomic mass is 16.3. The van der Waals surface area contributed by atoms with Gasteiger partial charge in [-0.05, 0) is 6.42 Å². The summed E-state index contributed by atoms with van der Waals surface area (Å²) in [6, 6.07) is 0. The van der Waals surface area contributed by atoms with Crippen LogP contribution >= 0.6 is 0 Å². The summed E-state index contributed by atoms with van der Waals surface area (Å²) < 4.78 is 0. The summed E-state index contributed by atoms with van der Waals surface area (Å²) in [7, 11) is 0. The van der Waals surface area contributed by atoms with E-state index in [1.165, 1.54) is 0 Å². The van der Waals surface area contributed by atoms with E-state index < -0.39 is 0 Å². The van der Waals surface area contributed by atoms with Crippen molar-refractivity contribution in [2.45, 2.75) is 19.4 Å². The first kappa shape index (κ1) is 9.92. The van der Waals surface area contributed by atoms with Crippen LogP contribution in [0, 0.1) is 0 Å². The highest BCUT2D eigenvalue weighted by Gasteiger charge is 2.09. The highest BCUT2D eigenvalue weighted by molar-refractivity contribution is 4.65. The lowest BCUT2D eigenvalue weighted by molar-refractivity contribution is 0.102. The zero-order chi connectivity index (χ0) is 8.81. The van der Waals surface area contributed by atoms with Crippen LogP contribution in [0.2, 0.25) is 0 Å². The lowest BCUT2D eigenvalue weighted by Gasteiger charge is -2.28. The SMILES string of the molecule is CCC(O)CNN1CCNCC1. The third kappa shape index (κ3) is 3.49. The molecule has 1 fully saturated rings. The molecule has 1 saturated heterocycles. The minimum absolute atomic E-state index is 0.208. The number of hydrogen-bond acceptors (Lipinski definition) is 4. The summed E-state index contributed by atoms with van der Waals surface area (Å²) in [4.78, 5) is 0. The number of piperazine rings is 1. The lowest BCUT2D eigenvalue weighted by atomic mass is 10.3. The van der Waals surface area contributed by atoms with E-state index in [0.29, 0.717) is 6.54 Å². The molecule has 0 aromatic carbocycles. The largest absolute Gasteiger partial charge is 0.392 e. The Hall–Kier alpha value is -0.160. The number of nitrogens with zero attached hydrogens (tertiary/aromatic N) is 1. The average Bonchev–Trinajstić information content (AvgIpc) is 2.16. The molecule has 0 aromatic heterocycles. The molecule has 1 atom stereocenters. The maximum atomic E-state index is 9.28. The van der Waals surface area contributed by atoms with Crippen LogP contribution < -0.4 is 10.7 Å². The molecule has 0 spiro atoms. The molecule has 1 aliphatic heterocycles. The Labute approximate surface area is 73.9 Å². The number of aliphatic hydroxyl groups is 1. The zero-order valence-corrected chi connectivity index (χ0v) is 7.71. The molecule has 1 aliphatic rings. The zero-order valence-electron chi connectivity index (χ0n) is 7.71. The van der Waals surface area contributed by atoms with E-state index in [1.807, 2.05) is 6.92 Å². The van der Waals surface area contributed by atoms with E-state index in [1.54, 1.807) is 0 Å². The molecule has 0 saturated carbocycles. The molecule has 0 radical (unpaired) electrons. The summed E-state index contributed by atoms with van der Waals surface area (Å²) >= 11 is 0. The lowest BCUT2D eigenvalue weighted by Crippen LogP contribution is -2.51. The molecule has 0 aromatic rings. The number of nitrogens with one attached hydrogen (secondary N) is 2. The molecule has 0 amide bonds. The van der Waals surface area contributed by atoms with E-state index in [2.05, 4.69) is 15.8 Å². The van der Waals surface area contributed by atoms with Crippen LogP contribution in [-0.4, -0.2) is 48.9 Å². The van der Waals surface area contributed by atoms with Crippen LogP contribution in [-0.2, 0) is 0 Å². The molecule has 4 heteroatoms. The number of rotatable bonds is 4. The summed E-state index contributed by atoms with van der Waals surface area (Å²) in [5.74, 6) is 0. The first-order chi connectivity index (χ1) is 5.83. The second-order valence-corrected chi connectivity index (χ2v) is 3.16. The fourth-order valence-electron chi connectivity index (χ4n) is 1.20. The Morgan fingerprint density at radius 3 is 2.75 bits per heavy atom. The molecule has 1 unspecified atom stereocenters. The van der Waals surface area contributed by atoms with Crippen molar-refractivity contribution < 1.29 is 5.11 Å². The summed E-state index contributed by atoms with van der Waals surface area (Å²) in [6.45, 7) is 6.79. The van der Waals surface area contributed by atoms with Gasteiger partial charge in [0.15, 0.2) is 0 Å². The van der Waals surface area contributed by atoms with Gasteiger partial charge in [-0.2, -0.15) is 0 Å². The standard InChI is InChI=1S/C8H19N3O/c1-2-8(12)7-10-11-5-3-9-4-6-11/h8-10,12H,2-7H2,1H3. The van der Waals surface area contributed by atoms with Crippen molar-refractivity contribution in [3.05, 3.63) is 0 Å². The summed E-state index contributed by atoms with van der Waals surface area (Å²) in [5.41, 5.74) is 3.22. The Balaban J connectivity index is 2.05. The van der Waals surface area contributed by atoms with Crippen molar-refractivity contribution in [3.8, 4) is 0 Å². The van der Waals surface area contributed by atoms with E-state index in [-0.39, 0.29) is 6.10 Å². The van der Waals surface area contributed by atoms with Crippen LogP contribution in [0.15, 0.2) is 0 Å². The predicted molar refractivity (Wildman–Crippen MR) is 48.7 cm³/mol. The molecule has 3 N–H and O–H groups in total. The highest BCUT2D eigenvalue weighted by Crippen LogP contribution is 1.90. The minimum Gasteiger partial charge on any atom is -0.392 e. The molecule has 1 heterocycles. The van der Waals surface area contributed by atoms with Gasteiger partial charge in [-0.1, -0.05) is 6.92 Å². The molecular weight excluding hydrogens is 154 g/mol. The van der Waals surface area contributed by atoms with Gasteiger partial charge in [0.1, 0.15) is 0 Å². The Bertz CT molecular complexity index is 115. The van der Waals surface area contributed by atoms with Crippen molar-refractivity contribution in [1.82, 2.24) is 15.8 Å². The van der Waals surface area contributed by atoms with E-state index >= 15 is 0 Å². The van der Waals surface area contributed by atoms with Gasteiger partial charge < -0.3 is 10.4 Å². The summed E-state index contributed by atoms with van der Waals surface area (Å²) in [5, 5.41) is 14.7. The van der Waals surface area contributed by atoms with Crippen LogP contribution in [0.25, 0.3) is 0 Å². The Kier molecular flexibility index (Phi) is 4.53. The average molecular weight is 173 g/mol. The quantitative estimate of drug-likeness (QED) is 0.519. The van der Waals surface area contributed by atoms with Gasteiger partial charge in [-0.25, -0.2) is 5.01 Å². The van der Waals surface area contributed by atoms with Gasteiger partial charge in [-0.3, -0.25) is 5.43 Å². The number of hydrogen-bond donors (Lipinski definition) is 3. The van der Waals surface area contributed by atoms with Gasteiger partial charge in [0.05, 0.1) is 6.10 Å². The van der Waals surface area contributed by atoms with Crippen LogP contribution in [0.5, 0.6) is 0 Å². The van der Waals surface area contributed by atoms with Gasteiger partial charge in [0.25, 0.3) is 0 Å². The van der Waals surface area contributed by atoms with Gasteiger partial charge in [0, 0.05) is 32.7 Å². The third-order valence-corrected chi connectivity index (χ3v) is 2.14. The van der Waals surface area contributed by atoms with Crippen molar-refractivity contribution in [3.63, 3.8) is 0 Å². The van der Waals surface area contributed by atoms with E-state index in [0.717, 1.165) is 32.6 Å². The van der Waals surface area contributed by atoms with Crippen molar-refractivity contribution in [1.29, 1.82) is 0 Å². The first-order valence-electron chi connectivity index (χ1n) is 4.70. The van der Waals surface area contributed by atoms with Crippen molar-refractivity contribution >= 4 is 0 Å². The van der Waals surface area contributed by atoms with Crippen LogP contribution in [0.4, 0.5) is 0 Å². The Morgan fingerprint density at radius 1 is 1.50 bits per heavy atom. The molecule has 72 valence electrons. The number of aliphatic hydroxyl groups excluding tert-OH is 1. The second kappa shape index (κ2) is 5.48. The second-order valence-electron chi connectivity index (χ2n) is 3.16. The van der Waals surface area contributed by atoms with Crippen molar-refractivity contribution in [2.24, 2.45) is 0 Å². The molecule has 1 rings (SSSR count). The summed E-state index contributed by atoms with van der Waals surface area (Å²) in [6.07, 6.45) is 0.610. The molecule has 12 heavy (non-hydrogen) atoms. The fourth-order valence-corrected chi connectivity index (χ4v) is 1.20. The van der Waals surface area contributed by atoms with Crippen LogP contribution in [0.3, 0.4) is 0 Å². The van der Waals surface area contributed by atoms with Gasteiger partial charge in [0.2, 0.25) is 0 Å². The van der Waals surface area contributed by atoms with Gasteiger partial charge >= 0.3 is 0 Å². The first-order valence-corrected chi connectivity index (χ1v) is 4.70. The topological polar surface area (TPSA) is 47.5 Å². The molecular formula is C8H19N3O. The fraction of sp³-hybridized carbons (Fsp3) is 1.00. The smallest absolute Gasteiger partial charge is 0.0676 e. The molecule has 0 aliphatic carbocycles. The Morgan fingerprint density at radius 2 is 2.17 bits per heavy atom. The van der Waals surface area contributed by atoms with Crippen LogP contribution in [0.1, 0.15) is 13.3 Å². The molecule has 4 nitrogen and oxygen atoms in total. The predicted octanol–water partition coefficient (Wildman–Crippen LogP) is -0.833. The van der Waals surface area contributed by atoms with Gasteiger partial charge in [-0.15, -0.1) is 0 Å². The number of hydrazine groups is 1.